The Bertz CT molecular complexity index is 1700. The van der Waals surface area contributed by atoms with Crippen molar-refractivity contribution in [3.05, 3.63) is 11.5 Å². The second kappa shape index (κ2) is 17.2. The predicted octanol–water partition coefficient (Wildman–Crippen LogP) is 6.33. The third-order valence-corrected chi connectivity index (χ3v) is 11.8. The van der Waals surface area contributed by atoms with Gasteiger partial charge in [-0.15, -0.1) is 0 Å². The molecule has 0 radical (unpaired) electrons. The monoisotopic (exact) mass is 817 g/mol. The Morgan fingerprint density at radius 2 is 1.65 bits per heavy atom. The first-order valence-electron chi connectivity index (χ1n) is 19.0. The maximum absolute atomic E-state index is 13.7. The number of anilines is 1. The van der Waals surface area contributed by atoms with Gasteiger partial charge < -0.3 is 42.6 Å². The van der Waals surface area contributed by atoms with Gasteiger partial charge in [-0.2, -0.15) is 15.1 Å². The highest BCUT2D eigenvalue weighted by atomic mass is 35.5. The highest BCUT2D eigenvalue weighted by molar-refractivity contribution is 7.54. The summed E-state index contributed by atoms with van der Waals surface area (Å²) in [4.78, 5) is 37.8. The number of nitrogens with zero attached hydrogens (tertiary/aromatic N) is 5. The summed E-state index contributed by atoms with van der Waals surface area (Å²) >= 11 is 6.56. The van der Waals surface area contributed by atoms with Gasteiger partial charge in [0.25, 0.3) is 0 Å². The second-order valence-corrected chi connectivity index (χ2v) is 19.0. The lowest BCUT2D eigenvalue weighted by molar-refractivity contribution is -0.207. The molecule has 19 heteroatoms. The molecule has 310 valence electrons. The lowest BCUT2D eigenvalue weighted by Gasteiger charge is -2.31. The van der Waals surface area contributed by atoms with Crippen LogP contribution in [0.4, 0.5) is 10.6 Å². The minimum absolute atomic E-state index is 0.0680. The summed E-state index contributed by atoms with van der Waals surface area (Å²) in [5.41, 5.74) is -2.42. The zero-order valence-electron chi connectivity index (χ0n) is 33.5. The number of rotatable bonds is 15. The van der Waals surface area contributed by atoms with Gasteiger partial charge in [0.2, 0.25) is 5.28 Å². The lowest BCUT2D eigenvalue weighted by atomic mass is 10.1. The fourth-order valence-electron chi connectivity index (χ4n) is 7.10. The van der Waals surface area contributed by atoms with E-state index in [1.54, 1.807) is 80.3 Å². The van der Waals surface area contributed by atoms with Crippen LogP contribution in [0, 0.1) is 0 Å². The average molecular weight is 818 g/mol. The number of esters is 1. The van der Waals surface area contributed by atoms with E-state index >= 15 is 0 Å². The molecule has 55 heavy (non-hydrogen) atoms. The van der Waals surface area contributed by atoms with Crippen molar-refractivity contribution < 1.29 is 56.7 Å². The fraction of sp³-hybridized carbons (Fsp3) is 0.806. The molecule has 1 N–H and O–H groups in total. The van der Waals surface area contributed by atoms with Gasteiger partial charge in [-0.25, -0.2) is 14.3 Å². The molecule has 2 aliphatic heterocycles. The zero-order valence-corrected chi connectivity index (χ0v) is 35.1. The average Bonchev–Trinajstić information content (AvgIpc) is 3.84. The standard InChI is InChI=1S/C36H57ClN5O12P/c1-11-48-55(46,49-12-2)22(19-43)17-24(31(44)53-34(3,4)5)47-20-25-26-27(52-36(9,10)51-26)30(50-25)42-29-23(18-38-42)28(39-32(37)40-29)41(21-15-13-14-16-21)33(45)54-35(6,7)8/h18,21-22,24-27,30,43H,11-17,19-20H2,1-10H3/t22?,24?,25-,26-,27-,30?/m1/s1. The van der Waals surface area contributed by atoms with E-state index in [2.05, 4.69) is 15.1 Å². The van der Waals surface area contributed by atoms with E-state index in [9.17, 15) is 19.3 Å². The minimum Gasteiger partial charge on any atom is -0.458 e. The van der Waals surface area contributed by atoms with Crippen LogP contribution in [0.2, 0.25) is 5.28 Å². The fourth-order valence-corrected chi connectivity index (χ4v) is 9.12. The third-order valence-electron chi connectivity index (χ3n) is 9.17. The van der Waals surface area contributed by atoms with Gasteiger partial charge in [0, 0.05) is 12.5 Å². The Morgan fingerprint density at radius 3 is 2.24 bits per heavy atom. The highest BCUT2D eigenvalue weighted by Crippen LogP contribution is 2.54. The van der Waals surface area contributed by atoms with Crippen LogP contribution in [-0.2, 0) is 46.8 Å². The van der Waals surface area contributed by atoms with E-state index in [4.69, 9.17) is 49.1 Å². The van der Waals surface area contributed by atoms with Crippen LogP contribution in [0.25, 0.3) is 11.0 Å². The molecule has 4 heterocycles. The van der Waals surface area contributed by atoms with Gasteiger partial charge in [-0.1, -0.05) is 12.8 Å². The SMILES string of the molecule is CCOP(=O)(OCC)C(CO)CC(OC[C@H]1OC(n2ncc3c(N(C(=O)OC(C)(C)C)C4CCCC4)nc(Cl)nc32)[C@@H]2OC(C)(C)O[C@H]12)C(=O)OC(C)(C)C. The highest BCUT2D eigenvalue weighted by Gasteiger charge is 2.57. The molecule has 2 saturated heterocycles. The Morgan fingerprint density at radius 1 is 1.04 bits per heavy atom. The summed E-state index contributed by atoms with van der Waals surface area (Å²) in [7, 11) is -3.84. The smallest absolute Gasteiger partial charge is 0.416 e. The molecule has 0 bridgehead atoms. The molecule has 6 atom stereocenters. The van der Waals surface area contributed by atoms with Crippen molar-refractivity contribution in [3.63, 3.8) is 0 Å². The summed E-state index contributed by atoms with van der Waals surface area (Å²) in [6.07, 6.45) is -0.217. The molecule has 17 nitrogen and oxygen atoms in total. The lowest BCUT2D eigenvalue weighted by Crippen LogP contribution is -2.43. The number of aliphatic hydroxyl groups is 1. The molecular formula is C36H57ClN5O12P. The van der Waals surface area contributed by atoms with Crippen molar-refractivity contribution in [2.75, 3.05) is 31.3 Å². The summed E-state index contributed by atoms with van der Waals surface area (Å²) in [6.45, 7) is 16.8. The minimum atomic E-state index is -3.84. The molecular weight excluding hydrogens is 761 g/mol. The van der Waals surface area contributed by atoms with Gasteiger partial charge in [0.05, 0.1) is 43.7 Å². The molecule has 3 unspecified atom stereocenters. The van der Waals surface area contributed by atoms with Crippen LogP contribution in [0.3, 0.4) is 0 Å². The number of hydrogen-bond donors (Lipinski definition) is 1. The number of halogens is 1. The van der Waals surface area contributed by atoms with E-state index < -0.39 is 79.6 Å². The van der Waals surface area contributed by atoms with Crippen molar-refractivity contribution in [1.29, 1.82) is 0 Å². The van der Waals surface area contributed by atoms with E-state index in [0.29, 0.717) is 11.0 Å². The second-order valence-electron chi connectivity index (χ2n) is 16.4. The number of carbonyl (C=O) groups excluding carboxylic acids is 2. The molecule has 5 rings (SSSR count). The Balaban J connectivity index is 1.46. The first-order valence-corrected chi connectivity index (χ1v) is 21.0. The first-order chi connectivity index (χ1) is 25.7. The Labute approximate surface area is 327 Å². The molecule has 0 spiro atoms. The van der Waals surface area contributed by atoms with Crippen LogP contribution in [0.5, 0.6) is 0 Å². The van der Waals surface area contributed by atoms with Gasteiger partial charge >= 0.3 is 19.7 Å². The topological polar surface area (TPSA) is 192 Å². The van der Waals surface area contributed by atoms with Gasteiger partial charge in [-0.3, -0.25) is 9.46 Å². The molecule has 2 aromatic heterocycles. The van der Waals surface area contributed by atoms with Gasteiger partial charge in [-0.05, 0) is 93.7 Å². The predicted molar refractivity (Wildman–Crippen MR) is 201 cm³/mol. The molecule has 1 amide bonds. The number of aliphatic hydroxyl groups excluding tert-OH is 1. The zero-order chi connectivity index (χ0) is 40.5. The summed E-state index contributed by atoms with van der Waals surface area (Å²) in [5, 5.41) is 15.3. The van der Waals surface area contributed by atoms with Crippen LogP contribution in [-0.4, -0.2) is 116 Å². The van der Waals surface area contributed by atoms with Crippen LogP contribution in [0.1, 0.15) is 108 Å². The normalized spacial score (nSPS) is 24.2. The van der Waals surface area contributed by atoms with Crippen molar-refractivity contribution in [3.8, 4) is 0 Å². The Hall–Kier alpha value is -2.47. The quantitative estimate of drug-likeness (QED) is 0.119. The van der Waals surface area contributed by atoms with E-state index in [-0.39, 0.29) is 43.4 Å². The number of hydrogen-bond acceptors (Lipinski definition) is 15. The molecule has 1 saturated carbocycles. The van der Waals surface area contributed by atoms with Crippen LogP contribution < -0.4 is 4.90 Å². The van der Waals surface area contributed by atoms with Crippen molar-refractivity contribution in [2.45, 2.75) is 161 Å². The maximum atomic E-state index is 13.7. The molecule has 1 aliphatic carbocycles. The third kappa shape index (κ3) is 10.3. The van der Waals surface area contributed by atoms with Crippen LogP contribution in [0.15, 0.2) is 6.20 Å². The molecule has 0 aromatic carbocycles. The molecule has 3 aliphatic rings. The van der Waals surface area contributed by atoms with Crippen LogP contribution >= 0.6 is 19.2 Å². The summed E-state index contributed by atoms with van der Waals surface area (Å²) in [5.74, 6) is -1.48. The van der Waals surface area contributed by atoms with Crippen molar-refractivity contribution in [2.24, 2.45) is 0 Å². The largest absolute Gasteiger partial charge is 0.458 e. The number of fused-ring (bicyclic) bond motifs is 2. The van der Waals surface area contributed by atoms with Gasteiger partial charge in [0.1, 0.15) is 29.5 Å². The Kier molecular flexibility index (Phi) is 13.6. The van der Waals surface area contributed by atoms with E-state index in [1.807, 2.05) is 0 Å². The van der Waals surface area contributed by atoms with Crippen molar-refractivity contribution in [1.82, 2.24) is 19.7 Å². The maximum Gasteiger partial charge on any atom is 0.416 e. The number of aromatic nitrogens is 4. The van der Waals surface area contributed by atoms with E-state index in [0.717, 1.165) is 25.7 Å². The summed E-state index contributed by atoms with van der Waals surface area (Å²) in [6, 6.07) is -0.160. The van der Waals surface area contributed by atoms with Crippen molar-refractivity contribution >= 4 is 48.1 Å². The molecule has 3 fully saturated rings. The first kappa shape index (κ1) is 43.6. The molecule has 2 aromatic rings. The summed E-state index contributed by atoms with van der Waals surface area (Å²) < 4.78 is 63.1. The van der Waals surface area contributed by atoms with Gasteiger partial charge in [0.15, 0.2) is 29.6 Å². The number of amides is 1. The number of carbonyl (C=O) groups is 2. The van der Waals surface area contributed by atoms with E-state index in [1.165, 1.54) is 4.68 Å². The number of ether oxygens (including phenoxy) is 6.